The van der Waals surface area contributed by atoms with E-state index in [9.17, 15) is 4.79 Å². The topological polar surface area (TPSA) is 83.0 Å². The molecule has 164 valence electrons. The molecule has 3 aliphatic rings. The number of hydrogen-bond acceptors (Lipinski definition) is 4. The number of para-hydroxylation sites is 1. The molecule has 3 N–H and O–H groups in total. The minimum absolute atomic E-state index is 0.203. The molecule has 2 bridgehead atoms. The molecule has 30 heavy (non-hydrogen) atoms. The van der Waals surface area contributed by atoms with Gasteiger partial charge in [-0.25, -0.2) is 4.79 Å². The van der Waals surface area contributed by atoms with Gasteiger partial charge in [0.1, 0.15) is 6.61 Å². The summed E-state index contributed by atoms with van der Waals surface area (Å²) in [6, 6.07) is 9.85. The molecule has 1 aromatic carbocycles. The van der Waals surface area contributed by atoms with Crippen LogP contribution in [0.5, 0.6) is 0 Å². The zero-order valence-electron chi connectivity index (χ0n) is 17.7. The van der Waals surface area contributed by atoms with Crippen molar-refractivity contribution < 1.29 is 14.6 Å². The summed E-state index contributed by atoms with van der Waals surface area (Å²) in [5, 5.41) is 17.0. The Kier molecular flexibility index (Phi) is 8.63. The smallest absolute Gasteiger partial charge is 0.329 e. The molecule has 0 spiro atoms. The van der Waals surface area contributed by atoms with E-state index in [1.54, 1.807) is 0 Å². The van der Waals surface area contributed by atoms with E-state index >= 15 is 0 Å². The number of nitrogens with one attached hydrogen (secondary N) is 2. The molecule has 2 atom stereocenters. The molecular weight excluding hydrogens is 398 g/mol. The van der Waals surface area contributed by atoms with Crippen LogP contribution in [0, 0.1) is 23.7 Å². The monoisotopic (exact) mass is 431 g/mol. The minimum Gasteiger partial charge on any atom is -0.480 e. The Balaban J connectivity index is 1.52. The van der Waals surface area contributed by atoms with Gasteiger partial charge >= 0.3 is 5.97 Å². The molecule has 3 saturated carbocycles. The zero-order chi connectivity index (χ0) is 21.3. The van der Waals surface area contributed by atoms with Crippen LogP contribution >= 0.6 is 12.2 Å². The molecule has 0 aromatic heterocycles. The summed E-state index contributed by atoms with van der Waals surface area (Å²) in [7, 11) is 0. The highest BCUT2D eigenvalue weighted by Gasteiger charge is 2.44. The molecule has 7 heteroatoms. The van der Waals surface area contributed by atoms with Crippen molar-refractivity contribution in [2.45, 2.75) is 51.9 Å². The quantitative estimate of drug-likeness (QED) is 0.216. The van der Waals surface area contributed by atoms with Gasteiger partial charge in [-0.3, -0.25) is 5.43 Å². The first-order valence-electron chi connectivity index (χ1n) is 11.0. The summed E-state index contributed by atoms with van der Waals surface area (Å²) in [5.74, 6) is 1.74. The Labute approximate surface area is 184 Å². The number of carboxylic acid groups (broad SMARTS) is 1. The van der Waals surface area contributed by atoms with Crippen LogP contribution in [-0.2, 0) is 9.53 Å². The summed E-state index contributed by atoms with van der Waals surface area (Å²) in [4.78, 5) is 10.5. The molecule has 1 aromatic rings. The fourth-order valence-corrected chi connectivity index (χ4v) is 5.44. The fourth-order valence-electron chi connectivity index (χ4n) is 5.28. The number of rotatable bonds is 10. The number of aliphatic carboxylic acids is 1. The summed E-state index contributed by atoms with van der Waals surface area (Å²) in [6.45, 7) is 2.45. The SMILES string of the molecule is C/C(=N\NC(=S)Nc1ccccc1)[C@H]1C2CCC(CC2)[C@@H]1CCCCOCC(=O)O. The standard InChI is InChI=1S/C23H33N3O3S/c1-16(25-26-23(30)24-19-7-3-2-4-8-19)22-18-12-10-17(11-13-18)20(22)9-5-6-14-29-15-21(27)28/h2-4,7-8,17-18,20,22H,5-6,9-15H2,1H3,(H,27,28)(H2,24,26,30)/b25-16+/t17?,18?,20-,22-/m0/s1. The van der Waals surface area contributed by atoms with Crippen LogP contribution in [0.1, 0.15) is 51.9 Å². The molecule has 0 unspecified atom stereocenters. The molecule has 0 aliphatic heterocycles. The average molecular weight is 432 g/mol. The second-order valence-corrected chi connectivity index (χ2v) is 8.90. The van der Waals surface area contributed by atoms with Gasteiger partial charge in [0.25, 0.3) is 0 Å². The Morgan fingerprint density at radius 1 is 1.17 bits per heavy atom. The molecule has 0 saturated heterocycles. The van der Waals surface area contributed by atoms with Crippen molar-refractivity contribution in [2.24, 2.45) is 28.8 Å². The summed E-state index contributed by atoms with van der Waals surface area (Å²) < 4.78 is 5.18. The molecule has 0 radical (unpaired) electrons. The maximum atomic E-state index is 10.5. The highest BCUT2D eigenvalue weighted by atomic mass is 32.1. The Bertz CT molecular complexity index is 732. The lowest BCUT2D eigenvalue weighted by Crippen LogP contribution is -2.44. The number of carbonyl (C=O) groups is 1. The first-order valence-corrected chi connectivity index (χ1v) is 11.4. The Hall–Kier alpha value is -1.99. The van der Waals surface area contributed by atoms with E-state index in [0.717, 1.165) is 36.6 Å². The van der Waals surface area contributed by atoms with E-state index in [-0.39, 0.29) is 6.61 Å². The number of carboxylic acids is 1. The Morgan fingerprint density at radius 3 is 2.57 bits per heavy atom. The van der Waals surface area contributed by atoms with E-state index in [2.05, 4.69) is 22.8 Å². The van der Waals surface area contributed by atoms with Gasteiger partial charge in [-0.1, -0.05) is 24.6 Å². The van der Waals surface area contributed by atoms with Crippen molar-refractivity contribution in [3.63, 3.8) is 0 Å². The van der Waals surface area contributed by atoms with Crippen molar-refractivity contribution in [3.8, 4) is 0 Å². The van der Waals surface area contributed by atoms with Gasteiger partial charge in [-0.05, 0) is 87.6 Å². The molecule has 3 fully saturated rings. The third-order valence-corrected chi connectivity index (χ3v) is 6.73. The highest BCUT2D eigenvalue weighted by molar-refractivity contribution is 7.80. The van der Waals surface area contributed by atoms with E-state index < -0.39 is 5.97 Å². The molecule has 0 amide bonds. The van der Waals surface area contributed by atoms with Crippen LogP contribution in [0.2, 0.25) is 0 Å². The molecule has 3 aliphatic carbocycles. The summed E-state index contributed by atoms with van der Waals surface area (Å²) in [6.07, 6.45) is 8.39. The third kappa shape index (κ3) is 6.51. The van der Waals surface area contributed by atoms with Crippen molar-refractivity contribution >= 4 is 34.7 Å². The number of nitrogens with zero attached hydrogens (tertiary/aromatic N) is 1. The maximum Gasteiger partial charge on any atom is 0.329 e. The number of anilines is 1. The lowest BCUT2D eigenvalue weighted by molar-refractivity contribution is -0.142. The van der Waals surface area contributed by atoms with Crippen LogP contribution in [0.15, 0.2) is 35.4 Å². The molecule has 0 heterocycles. The van der Waals surface area contributed by atoms with Gasteiger partial charge in [-0.2, -0.15) is 5.10 Å². The third-order valence-electron chi connectivity index (χ3n) is 6.54. The second kappa shape index (κ2) is 11.4. The first-order chi connectivity index (χ1) is 14.5. The number of thiocarbonyl (C=S) groups is 1. The Morgan fingerprint density at radius 2 is 1.87 bits per heavy atom. The van der Waals surface area contributed by atoms with Crippen LogP contribution < -0.4 is 10.7 Å². The second-order valence-electron chi connectivity index (χ2n) is 8.49. The predicted molar refractivity (Wildman–Crippen MR) is 124 cm³/mol. The molecule has 4 rings (SSSR count). The van der Waals surface area contributed by atoms with Crippen molar-refractivity contribution in [2.75, 3.05) is 18.5 Å². The fraction of sp³-hybridized carbons (Fsp3) is 0.609. The average Bonchev–Trinajstić information content (AvgIpc) is 2.75. The van der Waals surface area contributed by atoms with Gasteiger partial charge in [0.05, 0.1) is 0 Å². The van der Waals surface area contributed by atoms with Crippen molar-refractivity contribution in [1.29, 1.82) is 0 Å². The first kappa shape index (κ1) is 22.7. The van der Waals surface area contributed by atoms with Gasteiger partial charge in [0.15, 0.2) is 5.11 Å². The van der Waals surface area contributed by atoms with Crippen LogP contribution in [-0.4, -0.2) is 35.1 Å². The lowest BCUT2D eigenvalue weighted by Gasteiger charge is -2.49. The van der Waals surface area contributed by atoms with Gasteiger partial charge in [-0.15, -0.1) is 0 Å². The highest BCUT2D eigenvalue weighted by Crippen LogP contribution is 2.51. The van der Waals surface area contributed by atoms with E-state index in [1.165, 1.54) is 25.7 Å². The number of fused-ring (bicyclic) bond motifs is 3. The summed E-state index contributed by atoms with van der Waals surface area (Å²) in [5.41, 5.74) is 5.13. The van der Waals surface area contributed by atoms with Crippen LogP contribution in [0.4, 0.5) is 5.69 Å². The maximum absolute atomic E-state index is 10.5. The van der Waals surface area contributed by atoms with Crippen LogP contribution in [0.25, 0.3) is 0 Å². The minimum atomic E-state index is -0.904. The number of benzene rings is 1. The van der Waals surface area contributed by atoms with Crippen molar-refractivity contribution in [3.05, 3.63) is 30.3 Å². The van der Waals surface area contributed by atoms with Gasteiger partial charge < -0.3 is 15.2 Å². The van der Waals surface area contributed by atoms with E-state index in [4.69, 9.17) is 22.1 Å². The molecular formula is C23H33N3O3S. The molecule has 6 nitrogen and oxygen atoms in total. The number of unbranched alkanes of at least 4 members (excludes halogenated alkanes) is 1. The van der Waals surface area contributed by atoms with E-state index in [1.807, 2.05) is 30.3 Å². The number of hydrazone groups is 1. The van der Waals surface area contributed by atoms with E-state index in [0.29, 0.717) is 29.5 Å². The lowest BCUT2D eigenvalue weighted by atomic mass is 9.56. The number of hydrogen-bond donors (Lipinski definition) is 3. The normalized spacial score (nSPS) is 25.7. The summed E-state index contributed by atoms with van der Waals surface area (Å²) >= 11 is 5.40. The van der Waals surface area contributed by atoms with Gasteiger partial charge in [0, 0.05) is 23.9 Å². The van der Waals surface area contributed by atoms with Crippen molar-refractivity contribution in [1.82, 2.24) is 5.43 Å². The van der Waals surface area contributed by atoms with Crippen LogP contribution in [0.3, 0.4) is 0 Å². The largest absolute Gasteiger partial charge is 0.480 e. The zero-order valence-corrected chi connectivity index (χ0v) is 18.5. The van der Waals surface area contributed by atoms with Gasteiger partial charge in [0.2, 0.25) is 0 Å². The number of ether oxygens (including phenoxy) is 1. The predicted octanol–water partition coefficient (Wildman–Crippen LogP) is 4.67.